The summed E-state index contributed by atoms with van der Waals surface area (Å²) >= 11 is 0. The summed E-state index contributed by atoms with van der Waals surface area (Å²) in [5, 5.41) is 12.8. The lowest BCUT2D eigenvalue weighted by atomic mass is 9.92. The normalized spacial score (nSPS) is 16.2. The number of unbranched alkanes of at least 4 members (excludes halogenated alkanes) is 1. The lowest BCUT2D eigenvalue weighted by molar-refractivity contribution is -0.147. The van der Waals surface area contributed by atoms with Crippen LogP contribution in [-0.2, 0) is 32.1 Å². The van der Waals surface area contributed by atoms with E-state index < -0.39 is 11.5 Å². The number of ether oxygens (including phenoxy) is 1. The summed E-state index contributed by atoms with van der Waals surface area (Å²) in [5.74, 6) is -1.40. The van der Waals surface area contributed by atoms with Gasteiger partial charge >= 0.3 is 5.97 Å². The predicted molar refractivity (Wildman–Crippen MR) is 132 cm³/mol. The summed E-state index contributed by atoms with van der Waals surface area (Å²) in [7, 11) is 0. The van der Waals surface area contributed by atoms with Gasteiger partial charge in [-0.2, -0.15) is 0 Å². The number of hydrogen-bond acceptors (Lipinski definition) is 5. The molecule has 2 N–H and O–H groups in total. The zero-order valence-corrected chi connectivity index (χ0v) is 20.4. The SMILES string of the molecule is C=CCCCC(=O)OCC(C)(C)NC(=O)[C@@H](CC=C)CC(=O)N1Cc2ccccc2C[C@H]1CO. The van der Waals surface area contributed by atoms with Crippen LogP contribution in [-0.4, -0.2) is 52.6 Å². The summed E-state index contributed by atoms with van der Waals surface area (Å²) in [6.45, 7) is 11.2. The summed E-state index contributed by atoms with van der Waals surface area (Å²) < 4.78 is 5.32. The molecule has 7 nitrogen and oxygen atoms in total. The molecular formula is C27H38N2O5. The lowest BCUT2D eigenvalue weighted by Gasteiger charge is -2.37. The van der Waals surface area contributed by atoms with Crippen molar-refractivity contribution in [3.05, 3.63) is 60.7 Å². The Bertz CT molecular complexity index is 880. The van der Waals surface area contributed by atoms with Gasteiger partial charge in [-0.1, -0.05) is 36.4 Å². The number of nitrogens with zero attached hydrogens (tertiary/aromatic N) is 1. The number of rotatable bonds is 13. The molecule has 0 bridgehead atoms. The lowest BCUT2D eigenvalue weighted by Crippen LogP contribution is -2.51. The van der Waals surface area contributed by atoms with Crippen LogP contribution in [0.15, 0.2) is 49.6 Å². The van der Waals surface area contributed by atoms with Gasteiger partial charge in [0.2, 0.25) is 11.8 Å². The first-order valence-corrected chi connectivity index (χ1v) is 11.9. The van der Waals surface area contributed by atoms with Gasteiger partial charge in [-0.15, -0.1) is 13.2 Å². The number of allylic oxidation sites excluding steroid dienone is 2. The highest BCUT2D eigenvalue weighted by atomic mass is 16.5. The van der Waals surface area contributed by atoms with Crippen molar-refractivity contribution in [2.24, 2.45) is 5.92 Å². The number of hydrogen-bond donors (Lipinski definition) is 2. The number of nitrogens with one attached hydrogen (secondary N) is 1. The molecule has 1 aliphatic heterocycles. The first-order chi connectivity index (χ1) is 16.2. The fourth-order valence-corrected chi connectivity index (χ4v) is 4.05. The molecule has 1 aromatic carbocycles. The highest BCUT2D eigenvalue weighted by Crippen LogP contribution is 2.25. The van der Waals surface area contributed by atoms with Crippen LogP contribution >= 0.6 is 0 Å². The second-order valence-electron chi connectivity index (χ2n) is 9.47. The molecule has 1 aliphatic rings. The van der Waals surface area contributed by atoms with Gasteiger partial charge in [0.15, 0.2) is 0 Å². The van der Waals surface area contributed by atoms with Crippen molar-refractivity contribution in [1.29, 1.82) is 0 Å². The number of carbonyl (C=O) groups is 3. The average molecular weight is 471 g/mol. The second-order valence-corrected chi connectivity index (χ2v) is 9.47. The Morgan fingerprint density at radius 3 is 2.59 bits per heavy atom. The van der Waals surface area contributed by atoms with E-state index in [9.17, 15) is 19.5 Å². The summed E-state index contributed by atoms with van der Waals surface area (Å²) in [5.41, 5.74) is 1.40. The molecule has 1 aromatic rings. The molecule has 0 unspecified atom stereocenters. The molecule has 0 spiro atoms. The van der Waals surface area contributed by atoms with E-state index in [0.29, 0.717) is 32.2 Å². The summed E-state index contributed by atoms with van der Waals surface area (Å²) in [4.78, 5) is 39.8. The van der Waals surface area contributed by atoms with E-state index in [1.807, 2.05) is 24.3 Å². The third kappa shape index (κ3) is 8.13. The second kappa shape index (κ2) is 13.1. The number of benzene rings is 1. The van der Waals surface area contributed by atoms with E-state index in [0.717, 1.165) is 17.5 Å². The maximum absolute atomic E-state index is 13.2. The van der Waals surface area contributed by atoms with Crippen molar-refractivity contribution in [2.45, 2.75) is 70.5 Å². The Hall–Kier alpha value is -2.93. The van der Waals surface area contributed by atoms with Crippen molar-refractivity contribution in [2.75, 3.05) is 13.2 Å². The molecule has 2 rings (SSSR count). The number of amides is 2. The predicted octanol–water partition coefficient (Wildman–Crippen LogP) is 3.31. The van der Waals surface area contributed by atoms with E-state index >= 15 is 0 Å². The number of fused-ring (bicyclic) bond motifs is 1. The molecule has 2 amide bonds. The number of carbonyl (C=O) groups excluding carboxylic acids is 3. The fraction of sp³-hybridized carbons (Fsp3) is 0.519. The minimum atomic E-state index is -0.786. The molecule has 0 fully saturated rings. The van der Waals surface area contributed by atoms with Gasteiger partial charge in [-0.3, -0.25) is 14.4 Å². The van der Waals surface area contributed by atoms with E-state index in [4.69, 9.17) is 4.74 Å². The Balaban J connectivity index is 1.98. The molecule has 34 heavy (non-hydrogen) atoms. The van der Waals surface area contributed by atoms with Crippen molar-refractivity contribution in [3.63, 3.8) is 0 Å². The number of esters is 1. The van der Waals surface area contributed by atoms with Crippen molar-refractivity contribution in [3.8, 4) is 0 Å². The summed E-state index contributed by atoms with van der Waals surface area (Å²) in [6, 6.07) is 7.57. The quantitative estimate of drug-likeness (QED) is 0.262. The molecule has 0 saturated heterocycles. The Labute approximate surface area is 202 Å². The monoisotopic (exact) mass is 470 g/mol. The van der Waals surface area contributed by atoms with Gasteiger partial charge in [0.25, 0.3) is 0 Å². The number of aliphatic hydroxyl groups is 1. The first kappa shape index (κ1) is 27.3. The number of aliphatic hydroxyl groups excluding tert-OH is 1. The van der Waals surface area contributed by atoms with Crippen LogP contribution in [0.3, 0.4) is 0 Å². The largest absolute Gasteiger partial charge is 0.463 e. The minimum absolute atomic E-state index is 0.00788. The van der Waals surface area contributed by atoms with Crippen LogP contribution < -0.4 is 5.32 Å². The molecule has 7 heteroatoms. The summed E-state index contributed by atoms with van der Waals surface area (Å²) in [6.07, 6.45) is 6.03. The van der Waals surface area contributed by atoms with Crippen LogP contribution in [0.1, 0.15) is 57.1 Å². The molecular weight excluding hydrogens is 432 g/mol. The Morgan fingerprint density at radius 1 is 1.24 bits per heavy atom. The molecule has 0 radical (unpaired) electrons. The smallest absolute Gasteiger partial charge is 0.305 e. The van der Waals surface area contributed by atoms with Crippen molar-refractivity contribution < 1.29 is 24.2 Å². The van der Waals surface area contributed by atoms with Gasteiger partial charge in [0, 0.05) is 19.4 Å². The van der Waals surface area contributed by atoms with Crippen molar-refractivity contribution >= 4 is 17.8 Å². The van der Waals surface area contributed by atoms with Crippen molar-refractivity contribution in [1.82, 2.24) is 10.2 Å². The Kier molecular flexibility index (Phi) is 10.5. The van der Waals surface area contributed by atoms with Crippen LogP contribution in [0.5, 0.6) is 0 Å². The van der Waals surface area contributed by atoms with E-state index in [1.165, 1.54) is 0 Å². The fourth-order valence-electron chi connectivity index (χ4n) is 4.05. The van der Waals surface area contributed by atoms with E-state index in [-0.39, 0.29) is 43.5 Å². The average Bonchev–Trinajstić information content (AvgIpc) is 2.81. The van der Waals surface area contributed by atoms with E-state index in [1.54, 1.807) is 30.9 Å². The van der Waals surface area contributed by atoms with Crippen LogP contribution in [0, 0.1) is 5.92 Å². The highest BCUT2D eigenvalue weighted by Gasteiger charge is 2.33. The molecule has 0 aromatic heterocycles. The van der Waals surface area contributed by atoms with Gasteiger partial charge in [0.1, 0.15) is 6.61 Å². The standard InChI is InChI=1S/C27H38N2O5/c1-5-7-8-14-25(32)34-19-27(3,4)28-26(33)21(11-6-2)16-24(31)29-17-22-13-10-9-12-20(22)15-23(29)18-30/h5-6,9-10,12-13,21,23,30H,1-2,7-8,11,14-19H2,3-4H3,(H,28,33)/t21-,23-/m0/s1. The highest BCUT2D eigenvalue weighted by molar-refractivity contribution is 5.86. The molecule has 1 heterocycles. The maximum atomic E-state index is 13.2. The third-order valence-corrected chi connectivity index (χ3v) is 5.97. The molecule has 0 saturated carbocycles. The topological polar surface area (TPSA) is 95.9 Å². The van der Waals surface area contributed by atoms with Gasteiger partial charge in [-0.25, -0.2) is 0 Å². The zero-order chi connectivity index (χ0) is 25.1. The molecule has 186 valence electrons. The molecule has 2 atom stereocenters. The van der Waals surface area contributed by atoms with Gasteiger partial charge in [0.05, 0.1) is 24.1 Å². The van der Waals surface area contributed by atoms with Crippen LogP contribution in [0.25, 0.3) is 0 Å². The first-order valence-electron chi connectivity index (χ1n) is 11.9. The maximum Gasteiger partial charge on any atom is 0.305 e. The van der Waals surface area contributed by atoms with Gasteiger partial charge < -0.3 is 20.1 Å². The van der Waals surface area contributed by atoms with Crippen LogP contribution in [0.2, 0.25) is 0 Å². The minimum Gasteiger partial charge on any atom is -0.463 e. The third-order valence-electron chi connectivity index (χ3n) is 5.97. The Morgan fingerprint density at radius 2 is 1.94 bits per heavy atom. The van der Waals surface area contributed by atoms with Crippen LogP contribution in [0.4, 0.5) is 0 Å². The van der Waals surface area contributed by atoms with E-state index in [2.05, 4.69) is 18.5 Å². The zero-order valence-electron chi connectivity index (χ0n) is 20.4. The van der Waals surface area contributed by atoms with Gasteiger partial charge in [-0.05, 0) is 50.7 Å². The molecule has 0 aliphatic carbocycles.